The fourth-order valence-corrected chi connectivity index (χ4v) is 2.81. The van der Waals surface area contributed by atoms with E-state index >= 15 is 0 Å². The van der Waals surface area contributed by atoms with Gasteiger partial charge in [0.25, 0.3) is 0 Å². The number of carbonyl (C=O) groups excluding carboxylic acids is 1. The molecule has 0 bridgehead atoms. The molecule has 0 fully saturated rings. The lowest BCUT2D eigenvalue weighted by Gasteiger charge is -2.00. The lowest BCUT2D eigenvalue weighted by molar-refractivity contribution is -0.120. The Kier molecular flexibility index (Phi) is 4.40. The molecule has 2 aromatic heterocycles. The maximum atomic E-state index is 11.7. The van der Waals surface area contributed by atoms with E-state index in [1.807, 2.05) is 12.3 Å². The predicted octanol–water partition coefficient (Wildman–Crippen LogP) is 1.23. The molecule has 0 saturated heterocycles. The number of nitrogens with zero attached hydrogens (tertiary/aromatic N) is 2. The van der Waals surface area contributed by atoms with Crippen LogP contribution in [0.1, 0.15) is 20.6 Å². The maximum absolute atomic E-state index is 11.7. The number of nitrogens with two attached hydrogens (primary N) is 1. The molecule has 1 amide bonds. The predicted molar refractivity (Wildman–Crippen MR) is 72.4 cm³/mol. The number of rotatable bonds is 5. The average Bonchev–Trinajstić information content (AvgIpc) is 2.95. The number of nitrogens with one attached hydrogen (secondary N) is 1. The number of aromatic nitrogens is 2. The molecule has 2 rings (SSSR count). The zero-order valence-corrected chi connectivity index (χ0v) is 11.6. The molecular formula is C11H14N4OS2. The molecule has 2 aromatic rings. The van der Waals surface area contributed by atoms with Crippen LogP contribution in [0, 0.1) is 6.92 Å². The Labute approximate surface area is 113 Å². The Morgan fingerprint density at radius 1 is 1.50 bits per heavy atom. The molecule has 0 aliphatic carbocycles. The van der Waals surface area contributed by atoms with Crippen molar-refractivity contribution in [2.45, 2.75) is 26.4 Å². The molecule has 0 radical (unpaired) electrons. The van der Waals surface area contributed by atoms with Crippen LogP contribution in [0.3, 0.4) is 0 Å². The average molecular weight is 282 g/mol. The van der Waals surface area contributed by atoms with Gasteiger partial charge in [-0.2, -0.15) is 0 Å². The minimum atomic E-state index is -0.0447. The summed E-state index contributed by atoms with van der Waals surface area (Å²) in [6.45, 7) is 2.89. The molecule has 0 aliphatic rings. The van der Waals surface area contributed by atoms with E-state index in [2.05, 4.69) is 15.3 Å². The number of aryl methyl sites for hydroxylation is 1. The van der Waals surface area contributed by atoms with Crippen molar-refractivity contribution in [1.29, 1.82) is 0 Å². The molecule has 0 spiro atoms. The highest BCUT2D eigenvalue weighted by Gasteiger charge is 2.08. The highest BCUT2D eigenvalue weighted by molar-refractivity contribution is 7.11. The molecule has 0 saturated carbocycles. The van der Waals surface area contributed by atoms with E-state index < -0.39 is 0 Å². The van der Waals surface area contributed by atoms with Crippen LogP contribution in [0.5, 0.6) is 0 Å². The van der Waals surface area contributed by atoms with E-state index in [0.717, 1.165) is 20.6 Å². The van der Waals surface area contributed by atoms with Crippen LogP contribution in [0.4, 0.5) is 0 Å². The standard InChI is InChI=1S/C11H14N4OS2/c1-7-4-14-11(18-7)5-13-9(16)2-8-6-17-10(3-12)15-8/h4,6H,2-3,5,12H2,1H3,(H,13,16). The zero-order chi connectivity index (χ0) is 13.0. The first-order chi connectivity index (χ1) is 8.67. The monoisotopic (exact) mass is 282 g/mol. The molecule has 7 heteroatoms. The van der Waals surface area contributed by atoms with Crippen LogP contribution < -0.4 is 11.1 Å². The van der Waals surface area contributed by atoms with Crippen LogP contribution in [0.25, 0.3) is 0 Å². The first-order valence-corrected chi connectivity index (χ1v) is 7.18. The summed E-state index contributed by atoms with van der Waals surface area (Å²) in [7, 11) is 0. The minimum Gasteiger partial charge on any atom is -0.349 e. The van der Waals surface area contributed by atoms with Gasteiger partial charge in [0.05, 0.1) is 18.7 Å². The van der Waals surface area contributed by atoms with Gasteiger partial charge in [-0.05, 0) is 6.92 Å². The summed E-state index contributed by atoms with van der Waals surface area (Å²) < 4.78 is 0. The molecule has 0 atom stereocenters. The van der Waals surface area contributed by atoms with Crippen molar-refractivity contribution in [3.8, 4) is 0 Å². The Bertz CT molecular complexity index is 535. The summed E-state index contributed by atoms with van der Waals surface area (Å²) in [5, 5.41) is 6.47. The van der Waals surface area contributed by atoms with Gasteiger partial charge in [0, 0.05) is 23.0 Å². The largest absolute Gasteiger partial charge is 0.349 e. The van der Waals surface area contributed by atoms with E-state index in [1.165, 1.54) is 11.3 Å². The van der Waals surface area contributed by atoms with Crippen molar-refractivity contribution in [2.24, 2.45) is 5.73 Å². The van der Waals surface area contributed by atoms with Crippen molar-refractivity contribution in [1.82, 2.24) is 15.3 Å². The molecular weight excluding hydrogens is 268 g/mol. The highest BCUT2D eigenvalue weighted by atomic mass is 32.1. The van der Waals surface area contributed by atoms with Gasteiger partial charge in [-0.15, -0.1) is 22.7 Å². The van der Waals surface area contributed by atoms with E-state index in [4.69, 9.17) is 5.73 Å². The van der Waals surface area contributed by atoms with Crippen LogP contribution in [-0.2, 0) is 24.3 Å². The van der Waals surface area contributed by atoms with Crippen molar-refractivity contribution >= 4 is 28.6 Å². The van der Waals surface area contributed by atoms with Gasteiger partial charge in [-0.1, -0.05) is 0 Å². The summed E-state index contributed by atoms with van der Waals surface area (Å²) in [6, 6.07) is 0. The van der Waals surface area contributed by atoms with Gasteiger partial charge in [0.2, 0.25) is 5.91 Å². The summed E-state index contributed by atoms with van der Waals surface area (Å²) >= 11 is 3.07. The smallest absolute Gasteiger partial charge is 0.226 e. The maximum Gasteiger partial charge on any atom is 0.226 e. The third-order valence-corrected chi connectivity index (χ3v) is 4.05. The molecule has 0 unspecified atom stereocenters. The van der Waals surface area contributed by atoms with E-state index in [-0.39, 0.29) is 5.91 Å². The fraction of sp³-hybridized carbons (Fsp3) is 0.364. The lowest BCUT2D eigenvalue weighted by Crippen LogP contribution is -2.24. The van der Waals surface area contributed by atoms with E-state index in [9.17, 15) is 4.79 Å². The van der Waals surface area contributed by atoms with E-state index in [0.29, 0.717) is 19.5 Å². The fourth-order valence-electron chi connectivity index (χ4n) is 1.41. The van der Waals surface area contributed by atoms with Crippen molar-refractivity contribution in [2.75, 3.05) is 0 Å². The molecule has 3 N–H and O–H groups in total. The lowest BCUT2D eigenvalue weighted by atomic mass is 10.3. The first-order valence-electron chi connectivity index (χ1n) is 5.48. The topological polar surface area (TPSA) is 80.9 Å². The Morgan fingerprint density at radius 2 is 2.33 bits per heavy atom. The van der Waals surface area contributed by atoms with Crippen LogP contribution in [0.2, 0.25) is 0 Å². The Hall–Kier alpha value is -1.31. The van der Waals surface area contributed by atoms with Crippen LogP contribution in [0.15, 0.2) is 11.6 Å². The normalized spacial score (nSPS) is 10.6. The number of hydrogen-bond donors (Lipinski definition) is 2. The second-order valence-electron chi connectivity index (χ2n) is 3.75. The van der Waals surface area contributed by atoms with Crippen LogP contribution >= 0.6 is 22.7 Å². The van der Waals surface area contributed by atoms with Gasteiger partial charge >= 0.3 is 0 Å². The summed E-state index contributed by atoms with van der Waals surface area (Å²) in [6.07, 6.45) is 2.10. The molecule has 96 valence electrons. The second kappa shape index (κ2) is 6.03. The van der Waals surface area contributed by atoms with Gasteiger partial charge in [0.15, 0.2) is 0 Å². The SMILES string of the molecule is Cc1cnc(CNC(=O)Cc2csc(CN)n2)s1. The van der Waals surface area contributed by atoms with Crippen LogP contribution in [-0.4, -0.2) is 15.9 Å². The Morgan fingerprint density at radius 3 is 2.94 bits per heavy atom. The summed E-state index contributed by atoms with van der Waals surface area (Å²) in [5.41, 5.74) is 6.24. The van der Waals surface area contributed by atoms with Crippen molar-refractivity contribution < 1.29 is 4.79 Å². The number of hydrogen-bond acceptors (Lipinski definition) is 6. The first kappa shape index (κ1) is 13.1. The van der Waals surface area contributed by atoms with Gasteiger partial charge < -0.3 is 11.1 Å². The molecule has 5 nitrogen and oxygen atoms in total. The molecule has 18 heavy (non-hydrogen) atoms. The van der Waals surface area contributed by atoms with Gasteiger partial charge in [-0.3, -0.25) is 4.79 Å². The quantitative estimate of drug-likeness (QED) is 0.864. The highest BCUT2D eigenvalue weighted by Crippen LogP contribution is 2.11. The minimum absolute atomic E-state index is 0.0447. The third-order valence-electron chi connectivity index (χ3n) is 2.22. The van der Waals surface area contributed by atoms with Crippen molar-refractivity contribution in [3.05, 3.63) is 32.2 Å². The molecule has 2 heterocycles. The van der Waals surface area contributed by atoms with E-state index in [1.54, 1.807) is 17.5 Å². The zero-order valence-electron chi connectivity index (χ0n) is 9.97. The summed E-state index contributed by atoms with van der Waals surface area (Å²) in [4.78, 5) is 21.3. The molecule has 0 aliphatic heterocycles. The van der Waals surface area contributed by atoms with Gasteiger partial charge in [0.1, 0.15) is 10.0 Å². The number of thiazole rings is 2. The van der Waals surface area contributed by atoms with Gasteiger partial charge in [-0.25, -0.2) is 9.97 Å². The number of amides is 1. The second-order valence-corrected chi connectivity index (χ2v) is 6.02. The third kappa shape index (κ3) is 3.59. The van der Waals surface area contributed by atoms with Crippen molar-refractivity contribution in [3.63, 3.8) is 0 Å². The summed E-state index contributed by atoms with van der Waals surface area (Å²) in [5.74, 6) is -0.0447. The Balaban J connectivity index is 1.81. The number of carbonyl (C=O) groups is 1. The molecule has 0 aromatic carbocycles.